The lowest BCUT2D eigenvalue weighted by atomic mass is 9.61. The molecule has 3 fully saturated rings. The highest BCUT2D eigenvalue weighted by Gasteiger charge is 2.43. The second-order valence-electron chi connectivity index (χ2n) is 6.54. The Morgan fingerprint density at radius 2 is 1.95 bits per heavy atom. The summed E-state index contributed by atoms with van der Waals surface area (Å²) in [6.45, 7) is 1.09. The lowest BCUT2D eigenvalue weighted by molar-refractivity contribution is -0.137. The number of hydrogen-bond donors (Lipinski definition) is 2. The first-order valence-corrected chi connectivity index (χ1v) is 7.88. The van der Waals surface area contributed by atoms with Crippen molar-refractivity contribution in [1.82, 2.24) is 10.2 Å². The molecule has 3 atom stereocenters. The molecule has 2 saturated carbocycles. The molecule has 1 aliphatic heterocycles. The summed E-state index contributed by atoms with van der Waals surface area (Å²) in [4.78, 5) is 25.7. The molecule has 3 aliphatic rings. The first-order valence-electron chi connectivity index (χ1n) is 7.88. The van der Waals surface area contributed by atoms with Gasteiger partial charge in [0.25, 0.3) is 0 Å². The first-order chi connectivity index (χ1) is 9.65. The van der Waals surface area contributed by atoms with Crippen LogP contribution in [0.25, 0.3) is 0 Å². The summed E-state index contributed by atoms with van der Waals surface area (Å²) in [5, 5.41) is 12.2. The lowest BCUT2D eigenvalue weighted by Crippen LogP contribution is -2.47. The fraction of sp³-hybridized carbons (Fsp3) is 0.867. The van der Waals surface area contributed by atoms with Crippen LogP contribution in [0.4, 0.5) is 0 Å². The van der Waals surface area contributed by atoms with E-state index in [1.54, 1.807) is 4.90 Å². The summed E-state index contributed by atoms with van der Waals surface area (Å²) < 4.78 is 0. The van der Waals surface area contributed by atoms with Crippen LogP contribution in [0.1, 0.15) is 38.5 Å². The number of aliphatic hydroxyl groups is 1. The Kier molecular flexibility index (Phi) is 3.96. The monoisotopic (exact) mass is 280 g/mol. The van der Waals surface area contributed by atoms with Crippen LogP contribution in [0, 0.1) is 17.8 Å². The molecular formula is C15H24N2O3. The third-order valence-corrected chi connectivity index (χ3v) is 5.35. The van der Waals surface area contributed by atoms with E-state index in [9.17, 15) is 14.7 Å². The van der Waals surface area contributed by atoms with Gasteiger partial charge in [0.2, 0.25) is 11.8 Å². The molecule has 0 radical (unpaired) electrons. The average Bonchev–Trinajstić information content (AvgIpc) is 2.76. The number of amides is 2. The van der Waals surface area contributed by atoms with Gasteiger partial charge in [0.05, 0.1) is 12.6 Å². The van der Waals surface area contributed by atoms with Crippen molar-refractivity contribution in [2.24, 2.45) is 17.8 Å². The predicted octanol–water partition coefficient (Wildman–Crippen LogP) is 0.522. The van der Waals surface area contributed by atoms with Crippen molar-refractivity contribution in [2.75, 3.05) is 19.6 Å². The lowest BCUT2D eigenvalue weighted by Gasteiger charge is -2.44. The van der Waals surface area contributed by atoms with E-state index >= 15 is 0 Å². The van der Waals surface area contributed by atoms with Crippen molar-refractivity contribution in [2.45, 2.75) is 44.6 Å². The highest BCUT2D eigenvalue weighted by Crippen LogP contribution is 2.47. The predicted molar refractivity (Wildman–Crippen MR) is 73.8 cm³/mol. The number of nitrogens with zero attached hydrogens (tertiary/aromatic N) is 1. The number of hydrogen-bond acceptors (Lipinski definition) is 3. The minimum absolute atomic E-state index is 0.0567. The minimum Gasteiger partial charge on any atom is -0.391 e. The van der Waals surface area contributed by atoms with Gasteiger partial charge in [-0.25, -0.2) is 0 Å². The quantitative estimate of drug-likeness (QED) is 0.789. The van der Waals surface area contributed by atoms with Crippen molar-refractivity contribution in [1.29, 1.82) is 0 Å². The highest BCUT2D eigenvalue weighted by molar-refractivity contribution is 5.86. The SMILES string of the molecule is O=C(NCC(=O)N1CCC(O)C1)C1CCC1C1CCC1. The zero-order valence-corrected chi connectivity index (χ0v) is 11.9. The molecular weight excluding hydrogens is 256 g/mol. The molecule has 0 aromatic rings. The molecule has 2 amide bonds. The van der Waals surface area contributed by atoms with E-state index in [1.165, 1.54) is 25.7 Å². The maximum Gasteiger partial charge on any atom is 0.242 e. The van der Waals surface area contributed by atoms with Gasteiger partial charge in [0.1, 0.15) is 0 Å². The second-order valence-corrected chi connectivity index (χ2v) is 6.54. The van der Waals surface area contributed by atoms with Gasteiger partial charge in [-0.2, -0.15) is 0 Å². The summed E-state index contributed by atoms with van der Waals surface area (Å²) in [7, 11) is 0. The third-order valence-electron chi connectivity index (χ3n) is 5.35. The van der Waals surface area contributed by atoms with Crippen molar-refractivity contribution < 1.29 is 14.7 Å². The summed E-state index contributed by atoms with van der Waals surface area (Å²) in [6.07, 6.45) is 6.26. The van der Waals surface area contributed by atoms with Gasteiger partial charge in [0, 0.05) is 19.0 Å². The van der Waals surface area contributed by atoms with E-state index in [0.29, 0.717) is 25.4 Å². The zero-order chi connectivity index (χ0) is 14.1. The Balaban J connectivity index is 1.41. The minimum atomic E-state index is -0.399. The molecule has 1 saturated heterocycles. The van der Waals surface area contributed by atoms with Gasteiger partial charge in [-0.15, -0.1) is 0 Å². The molecule has 1 heterocycles. The fourth-order valence-corrected chi connectivity index (χ4v) is 3.66. The van der Waals surface area contributed by atoms with Crippen LogP contribution in [0.5, 0.6) is 0 Å². The first kappa shape index (κ1) is 13.9. The van der Waals surface area contributed by atoms with Crippen molar-refractivity contribution in [3.63, 3.8) is 0 Å². The Bertz CT molecular complexity index is 395. The van der Waals surface area contributed by atoms with Crippen molar-refractivity contribution in [3.8, 4) is 0 Å². The van der Waals surface area contributed by atoms with Crippen LogP contribution in [-0.4, -0.2) is 47.6 Å². The van der Waals surface area contributed by atoms with E-state index in [4.69, 9.17) is 0 Å². The molecule has 0 aromatic carbocycles. The fourth-order valence-electron chi connectivity index (χ4n) is 3.66. The molecule has 112 valence electrons. The van der Waals surface area contributed by atoms with Gasteiger partial charge < -0.3 is 15.3 Å². The number of likely N-dealkylation sites (tertiary alicyclic amines) is 1. The maximum atomic E-state index is 12.1. The molecule has 0 spiro atoms. The Labute approximate surface area is 119 Å². The molecule has 2 N–H and O–H groups in total. The number of aliphatic hydroxyl groups excluding tert-OH is 1. The topological polar surface area (TPSA) is 69.6 Å². The zero-order valence-electron chi connectivity index (χ0n) is 11.9. The molecule has 5 heteroatoms. The smallest absolute Gasteiger partial charge is 0.242 e. The standard InChI is InChI=1S/C15H24N2O3/c18-11-6-7-17(9-11)14(19)8-16-15(20)13-5-4-12(13)10-2-1-3-10/h10-13,18H,1-9H2,(H,16,20). The average molecular weight is 280 g/mol. The summed E-state index contributed by atoms with van der Waals surface area (Å²) in [6, 6.07) is 0. The van der Waals surface area contributed by atoms with Gasteiger partial charge in [-0.05, 0) is 31.1 Å². The van der Waals surface area contributed by atoms with E-state index in [2.05, 4.69) is 5.32 Å². The Morgan fingerprint density at radius 3 is 2.45 bits per heavy atom. The maximum absolute atomic E-state index is 12.1. The molecule has 0 bridgehead atoms. The van der Waals surface area contributed by atoms with Crippen LogP contribution >= 0.6 is 0 Å². The highest BCUT2D eigenvalue weighted by atomic mass is 16.3. The summed E-state index contributed by atoms with van der Waals surface area (Å²) >= 11 is 0. The number of nitrogens with one attached hydrogen (secondary N) is 1. The van der Waals surface area contributed by atoms with E-state index in [0.717, 1.165) is 12.3 Å². The third kappa shape index (κ3) is 2.68. The largest absolute Gasteiger partial charge is 0.391 e. The van der Waals surface area contributed by atoms with Crippen molar-refractivity contribution in [3.05, 3.63) is 0 Å². The van der Waals surface area contributed by atoms with Crippen LogP contribution in [0.3, 0.4) is 0 Å². The van der Waals surface area contributed by atoms with E-state index < -0.39 is 6.10 Å². The molecule has 3 rings (SSSR count). The van der Waals surface area contributed by atoms with Crippen molar-refractivity contribution >= 4 is 11.8 Å². The Morgan fingerprint density at radius 1 is 1.15 bits per heavy atom. The molecule has 0 aromatic heterocycles. The molecule has 2 aliphatic carbocycles. The molecule has 5 nitrogen and oxygen atoms in total. The Hall–Kier alpha value is -1.10. The van der Waals surface area contributed by atoms with Gasteiger partial charge >= 0.3 is 0 Å². The van der Waals surface area contributed by atoms with Gasteiger partial charge in [-0.3, -0.25) is 9.59 Å². The second kappa shape index (κ2) is 5.72. The summed E-state index contributed by atoms with van der Waals surface area (Å²) in [5.41, 5.74) is 0. The van der Waals surface area contributed by atoms with Crippen LogP contribution < -0.4 is 5.32 Å². The van der Waals surface area contributed by atoms with Crippen LogP contribution in [0.2, 0.25) is 0 Å². The summed E-state index contributed by atoms with van der Waals surface area (Å²) in [5.74, 6) is 1.43. The number of rotatable bonds is 4. The normalized spacial score (nSPS) is 33.5. The van der Waals surface area contributed by atoms with Crippen LogP contribution in [0.15, 0.2) is 0 Å². The van der Waals surface area contributed by atoms with Gasteiger partial charge in [0.15, 0.2) is 0 Å². The van der Waals surface area contributed by atoms with E-state index in [-0.39, 0.29) is 24.3 Å². The number of carbonyl (C=O) groups excluding carboxylic acids is 2. The molecule has 20 heavy (non-hydrogen) atoms. The van der Waals surface area contributed by atoms with Crippen LogP contribution in [-0.2, 0) is 9.59 Å². The van der Waals surface area contributed by atoms with Gasteiger partial charge in [-0.1, -0.05) is 19.3 Å². The number of β-amino-alcohol motifs (C(OH)–C–C–N with tert-alkyl or cyclic N) is 1. The van der Waals surface area contributed by atoms with E-state index in [1.807, 2.05) is 0 Å². The number of carbonyl (C=O) groups is 2. The molecule has 3 unspecified atom stereocenters.